The van der Waals surface area contributed by atoms with E-state index in [0.717, 1.165) is 10.8 Å². The summed E-state index contributed by atoms with van der Waals surface area (Å²) in [6, 6.07) is 13.3. The van der Waals surface area contributed by atoms with Crippen molar-refractivity contribution in [2.45, 2.75) is 0 Å². The molecule has 0 aliphatic carbocycles. The van der Waals surface area contributed by atoms with E-state index in [1.165, 1.54) is 0 Å². The minimum Gasteiger partial charge on any atom is -0.480 e. The molecule has 0 amide bonds. The van der Waals surface area contributed by atoms with Crippen LogP contribution < -0.4 is 4.74 Å². The maximum atomic E-state index is 8.98. The smallest absolute Gasteiger partial charge is 0.148 e. The second-order valence-electron chi connectivity index (χ2n) is 3.26. The van der Waals surface area contributed by atoms with Crippen LogP contribution in [0.3, 0.4) is 0 Å². The van der Waals surface area contributed by atoms with Crippen molar-refractivity contribution in [2.24, 2.45) is 0 Å². The molecule has 16 heavy (non-hydrogen) atoms. The Bertz CT molecular complexity index is 602. The van der Waals surface area contributed by atoms with Crippen molar-refractivity contribution < 1.29 is 4.74 Å². The minimum absolute atomic E-state index is 0.232. The molecule has 0 N–H and O–H groups in total. The fourth-order valence-electron chi connectivity index (χ4n) is 1.61. The van der Waals surface area contributed by atoms with Crippen LogP contribution in [0.2, 0.25) is 0 Å². The molecule has 0 spiro atoms. The molecular formula is C14H9NO. The predicted molar refractivity (Wildman–Crippen MR) is 63.0 cm³/mol. The van der Waals surface area contributed by atoms with E-state index in [-0.39, 0.29) is 6.61 Å². The van der Waals surface area contributed by atoms with Gasteiger partial charge in [-0.05, 0) is 12.1 Å². The Hall–Kier alpha value is -2.45. The first-order valence-corrected chi connectivity index (χ1v) is 4.85. The lowest BCUT2D eigenvalue weighted by Gasteiger charge is -2.07. The van der Waals surface area contributed by atoms with E-state index in [1.54, 1.807) is 12.1 Å². The third-order valence-electron chi connectivity index (χ3n) is 2.32. The molecule has 2 nitrogen and oxygen atoms in total. The Morgan fingerprint density at radius 3 is 2.56 bits per heavy atom. The molecule has 0 bridgehead atoms. The topological polar surface area (TPSA) is 33.0 Å². The highest BCUT2D eigenvalue weighted by molar-refractivity contribution is 5.92. The number of nitriles is 1. The Morgan fingerprint density at radius 1 is 1.12 bits per heavy atom. The molecular weight excluding hydrogens is 198 g/mol. The van der Waals surface area contributed by atoms with E-state index in [1.807, 2.05) is 24.3 Å². The normalized spacial score (nSPS) is 9.38. The zero-order valence-corrected chi connectivity index (χ0v) is 8.60. The van der Waals surface area contributed by atoms with E-state index in [4.69, 9.17) is 16.4 Å². The molecule has 0 aliphatic heterocycles. The molecule has 2 aromatic rings. The highest BCUT2D eigenvalue weighted by Gasteiger charge is 2.05. The van der Waals surface area contributed by atoms with Gasteiger partial charge < -0.3 is 4.74 Å². The average Bonchev–Trinajstić information content (AvgIpc) is 2.36. The molecule has 0 heterocycles. The van der Waals surface area contributed by atoms with Gasteiger partial charge in [-0.25, -0.2) is 0 Å². The zero-order valence-electron chi connectivity index (χ0n) is 8.60. The summed E-state index contributed by atoms with van der Waals surface area (Å²) in [4.78, 5) is 0. The lowest BCUT2D eigenvalue weighted by molar-refractivity contribution is 0.375. The molecule has 76 valence electrons. The van der Waals surface area contributed by atoms with E-state index < -0.39 is 0 Å². The lowest BCUT2D eigenvalue weighted by Crippen LogP contribution is -1.94. The summed E-state index contributed by atoms with van der Waals surface area (Å²) in [6.45, 7) is 0.232. The fraction of sp³-hybridized carbons (Fsp3) is 0.0714. The van der Waals surface area contributed by atoms with Crippen LogP contribution in [0, 0.1) is 23.7 Å². The number of terminal acetylenes is 1. The Labute approximate surface area is 94.1 Å². The van der Waals surface area contributed by atoms with Crippen molar-refractivity contribution in [2.75, 3.05) is 6.61 Å². The van der Waals surface area contributed by atoms with Crippen LogP contribution in [0.4, 0.5) is 0 Å². The van der Waals surface area contributed by atoms with Crippen LogP contribution in [0.15, 0.2) is 36.4 Å². The average molecular weight is 207 g/mol. The summed E-state index contributed by atoms with van der Waals surface area (Å²) in [7, 11) is 0. The standard InChI is InChI=1S/C14H9NO/c1-2-9-16-14-8-7-11(10-15)12-5-3-4-6-13(12)14/h1,3-8H,9H2. The van der Waals surface area contributed by atoms with Crippen molar-refractivity contribution >= 4 is 10.8 Å². The van der Waals surface area contributed by atoms with Crippen LogP contribution in [-0.4, -0.2) is 6.61 Å². The van der Waals surface area contributed by atoms with Gasteiger partial charge in [0.15, 0.2) is 0 Å². The van der Waals surface area contributed by atoms with Crippen LogP contribution in [0.5, 0.6) is 5.75 Å². The van der Waals surface area contributed by atoms with Crippen LogP contribution in [-0.2, 0) is 0 Å². The zero-order chi connectivity index (χ0) is 11.4. The molecule has 2 aromatic carbocycles. The number of hydrogen-bond acceptors (Lipinski definition) is 2. The first kappa shape index (κ1) is 10.1. The molecule has 0 saturated carbocycles. The van der Waals surface area contributed by atoms with Gasteiger partial charge in [0.25, 0.3) is 0 Å². The largest absolute Gasteiger partial charge is 0.480 e. The van der Waals surface area contributed by atoms with E-state index >= 15 is 0 Å². The molecule has 0 atom stereocenters. The lowest BCUT2D eigenvalue weighted by atomic mass is 10.0. The first-order valence-electron chi connectivity index (χ1n) is 4.85. The molecule has 2 rings (SSSR count). The predicted octanol–water partition coefficient (Wildman–Crippen LogP) is 2.72. The van der Waals surface area contributed by atoms with Crippen molar-refractivity contribution in [3.63, 3.8) is 0 Å². The molecule has 0 unspecified atom stereocenters. The number of rotatable bonds is 2. The highest BCUT2D eigenvalue weighted by Crippen LogP contribution is 2.27. The van der Waals surface area contributed by atoms with Gasteiger partial charge in [0.2, 0.25) is 0 Å². The Morgan fingerprint density at radius 2 is 1.88 bits per heavy atom. The second-order valence-corrected chi connectivity index (χ2v) is 3.26. The van der Waals surface area contributed by atoms with Gasteiger partial charge in [0.1, 0.15) is 12.4 Å². The quantitative estimate of drug-likeness (QED) is 0.709. The summed E-state index contributed by atoms with van der Waals surface area (Å²) in [6.07, 6.45) is 5.15. The van der Waals surface area contributed by atoms with E-state index in [0.29, 0.717) is 11.3 Å². The SMILES string of the molecule is C#CCOc1ccc(C#N)c2ccccc12. The molecule has 0 fully saturated rings. The monoisotopic (exact) mass is 207 g/mol. The van der Waals surface area contributed by atoms with Gasteiger partial charge in [0, 0.05) is 10.8 Å². The fourth-order valence-corrected chi connectivity index (χ4v) is 1.61. The summed E-state index contributed by atoms with van der Waals surface area (Å²) < 4.78 is 5.42. The third-order valence-corrected chi connectivity index (χ3v) is 2.32. The molecule has 0 saturated heterocycles. The molecule has 0 radical (unpaired) electrons. The van der Waals surface area contributed by atoms with Crippen molar-refractivity contribution in [1.29, 1.82) is 5.26 Å². The van der Waals surface area contributed by atoms with Gasteiger partial charge in [0.05, 0.1) is 11.6 Å². The number of fused-ring (bicyclic) bond motifs is 1. The van der Waals surface area contributed by atoms with Gasteiger partial charge in [-0.1, -0.05) is 30.2 Å². The van der Waals surface area contributed by atoms with Crippen molar-refractivity contribution in [3.8, 4) is 24.2 Å². The summed E-state index contributed by atoms with van der Waals surface area (Å²) in [5.41, 5.74) is 0.642. The molecule has 2 heteroatoms. The summed E-state index contributed by atoms with van der Waals surface area (Å²) in [5, 5.41) is 10.8. The van der Waals surface area contributed by atoms with E-state index in [9.17, 15) is 0 Å². The molecule has 0 aliphatic rings. The Balaban J connectivity index is 2.62. The summed E-state index contributed by atoms with van der Waals surface area (Å²) in [5.74, 6) is 3.14. The van der Waals surface area contributed by atoms with Gasteiger partial charge >= 0.3 is 0 Å². The van der Waals surface area contributed by atoms with E-state index in [2.05, 4.69) is 12.0 Å². The Kier molecular flexibility index (Phi) is 2.76. The van der Waals surface area contributed by atoms with Crippen LogP contribution in [0.25, 0.3) is 10.8 Å². The van der Waals surface area contributed by atoms with Gasteiger partial charge in [-0.3, -0.25) is 0 Å². The van der Waals surface area contributed by atoms with Gasteiger partial charge in [-0.15, -0.1) is 6.42 Å². The van der Waals surface area contributed by atoms with Crippen molar-refractivity contribution in [1.82, 2.24) is 0 Å². The maximum absolute atomic E-state index is 8.98. The number of nitrogens with zero attached hydrogens (tertiary/aromatic N) is 1. The van der Waals surface area contributed by atoms with Crippen LogP contribution >= 0.6 is 0 Å². The highest BCUT2D eigenvalue weighted by atomic mass is 16.5. The maximum Gasteiger partial charge on any atom is 0.148 e. The molecule has 0 aromatic heterocycles. The second kappa shape index (κ2) is 4.38. The third kappa shape index (κ3) is 1.69. The summed E-state index contributed by atoms with van der Waals surface area (Å²) >= 11 is 0. The number of benzene rings is 2. The van der Waals surface area contributed by atoms with Gasteiger partial charge in [-0.2, -0.15) is 5.26 Å². The van der Waals surface area contributed by atoms with Crippen molar-refractivity contribution in [3.05, 3.63) is 42.0 Å². The number of ether oxygens (including phenoxy) is 1. The number of hydrogen-bond donors (Lipinski definition) is 0. The van der Waals surface area contributed by atoms with Crippen LogP contribution in [0.1, 0.15) is 5.56 Å². The first-order chi connectivity index (χ1) is 7.86. The minimum atomic E-state index is 0.232.